The topological polar surface area (TPSA) is 74.4 Å². The van der Waals surface area contributed by atoms with Crippen LogP contribution >= 0.6 is 11.3 Å². The van der Waals surface area contributed by atoms with Crippen LogP contribution in [0.25, 0.3) is 0 Å². The minimum atomic E-state index is -0.198. The van der Waals surface area contributed by atoms with Crippen molar-refractivity contribution in [2.45, 2.75) is 26.0 Å². The van der Waals surface area contributed by atoms with E-state index in [1.54, 1.807) is 11.3 Å². The molecule has 0 aromatic carbocycles. The molecular weight excluding hydrogens is 326 g/mol. The molecule has 1 N–H and O–H groups in total. The first kappa shape index (κ1) is 17.1. The van der Waals surface area contributed by atoms with Crippen molar-refractivity contribution in [3.8, 4) is 0 Å². The van der Waals surface area contributed by atoms with Gasteiger partial charge >= 0.3 is 0 Å². The number of rotatable bonds is 5. The molecule has 130 valence electrons. The van der Waals surface area contributed by atoms with Crippen LogP contribution in [0, 0.1) is 6.92 Å². The van der Waals surface area contributed by atoms with Gasteiger partial charge in [-0.05, 0) is 21.0 Å². The van der Waals surface area contributed by atoms with Crippen LogP contribution in [0.5, 0.6) is 0 Å². The number of aryl methyl sites for hydroxylation is 1. The van der Waals surface area contributed by atoms with Gasteiger partial charge in [-0.1, -0.05) is 0 Å². The Morgan fingerprint density at radius 1 is 1.54 bits per heavy atom. The first-order valence-electron chi connectivity index (χ1n) is 8.00. The summed E-state index contributed by atoms with van der Waals surface area (Å²) >= 11 is 1.57. The molecule has 1 amide bonds. The van der Waals surface area contributed by atoms with Gasteiger partial charge in [-0.25, -0.2) is 9.97 Å². The number of aromatic amines is 1. The Bertz CT molecular complexity index is 696. The average Bonchev–Trinajstić information content (AvgIpc) is 3.16. The molecule has 24 heavy (non-hydrogen) atoms. The highest BCUT2D eigenvalue weighted by Gasteiger charge is 2.27. The highest BCUT2D eigenvalue weighted by molar-refractivity contribution is 7.09. The molecule has 1 unspecified atom stereocenters. The Kier molecular flexibility index (Phi) is 5.27. The third-order valence-electron chi connectivity index (χ3n) is 3.86. The van der Waals surface area contributed by atoms with Crippen molar-refractivity contribution in [1.29, 1.82) is 0 Å². The molecule has 0 bridgehead atoms. The lowest BCUT2D eigenvalue weighted by atomic mass is 10.2. The molecule has 8 heteroatoms. The lowest BCUT2D eigenvalue weighted by Gasteiger charge is -2.32. The van der Waals surface area contributed by atoms with E-state index in [2.05, 4.69) is 19.9 Å². The molecular formula is C16H23N5O2S. The molecule has 2 aromatic rings. The SMILES string of the molecule is Cc1nc(CC(=O)N2CCOC(c3ncc(CN(C)C)[nH]3)C2)cs1. The van der Waals surface area contributed by atoms with Crippen molar-refractivity contribution in [2.24, 2.45) is 0 Å². The maximum absolute atomic E-state index is 12.5. The van der Waals surface area contributed by atoms with Gasteiger partial charge in [0.05, 0.1) is 30.3 Å². The van der Waals surface area contributed by atoms with Crippen LogP contribution in [0.2, 0.25) is 0 Å². The molecule has 1 aliphatic rings. The first-order chi connectivity index (χ1) is 11.5. The smallest absolute Gasteiger partial charge is 0.228 e. The van der Waals surface area contributed by atoms with Crippen LogP contribution in [-0.2, 0) is 22.5 Å². The molecule has 1 aliphatic heterocycles. The van der Waals surface area contributed by atoms with Crippen LogP contribution in [0.15, 0.2) is 11.6 Å². The Labute approximate surface area is 145 Å². The van der Waals surface area contributed by atoms with Gasteiger partial charge in [0.1, 0.15) is 11.9 Å². The number of imidazole rings is 1. The summed E-state index contributed by atoms with van der Waals surface area (Å²) in [7, 11) is 4.02. The number of carbonyl (C=O) groups excluding carboxylic acids is 1. The number of thiazole rings is 1. The number of carbonyl (C=O) groups is 1. The van der Waals surface area contributed by atoms with Gasteiger partial charge in [0.25, 0.3) is 0 Å². The zero-order valence-corrected chi connectivity index (χ0v) is 15.1. The van der Waals surface area contributed by atoms with E-state index in [0.717, 1.165) is 28.8 Å². The predicted molar refractivity (Wildman–Crippen MR) is 91.8 cm³/mol. The Balaban J connectivity index is 1.61. The highest BCUT2D eigenvalue weighted by Crippen LogP contribution is 2.21. The molecule has 2 aromatic heterocycles. The summed E-state index contributed by atoms with van der Waals surface area (Å²) in [6, 6.07) is 0. The summed E-state index contributed by atoms with van der Waals surface area (Å²) in [5, 5.41) is 2.94. The van der Waals surface area contributed by atoms with Gasteiger partial charge in [0.2, 0.25) is 5.91 Å². The van der Waals surface area contributed by atoms with Crippen molar-refractivity contribution >= 4 is 17.2 Å². The van der Waals surface area contributed by atoms with Crippen molar-refractivity contribution in [3.05, 3.63) is 33.8 Å². The number of amides is 1. The third-order valence-corrected chi connectivity index (χ3v) is 4.68. The van der Waals surface area contributed by atoms with E-state index in [0.29, 0.717) is 26.1 Å². The lowest BCUT2D eigenvalue weighted by Crippen LogP contribution is -2.43. The number of H-pyrrole nitrogens is 1. The second-order valence-electron chi connectivity index (χ2n) is 6.27. The maximum atomic E-state index is 12.5. The number of hydrogen-bond acceptors (Lipinski definition) is 6. The van der Waals surface area contributed by atoms with Crippen LogP contribution in [0.1, 0.15) is 28.3 Å². The van der Waals surface area contributed by atoms with Gasteiger partial charge in [-0.2, -0.15) is 0 Å². The lowest BCUT2D eigenvalue weighted by molar-refractivity contribution is -0.138. The summed E-state index contributed by atoms with van der Waals surface area (Å²) in [6.45, 7) is 4.41. The van der Waals surface area contributed by atoms with Crippen LogP contribution in [-0.4, -0.2) is 64.5 Å². The van der Waals surface area contributed by atoms with Crippen LogP contribution in [0.4, 0.5) is 0 Å². The van der Waals surface area contributed by atoms with Crippen molar-refractivity contribution in [1.82, 2.24) is 24.8 Å². The van der Waals surface area contributed by atoms with Crippen molar-refractivity contribution in [3.63, 3.8) is 0 Å². The molecule has 0 spiro atoms. The largest absolute Gasteiger partial charge is 0.367 e. The molecule has 0 radical (unpaired) electrons. The van der Waals surface area contributed by atoms with E-state index in [1.165, 1.54) is 0 Å². The highest BCUT2D eigenvalue weighted by atomic mass is 32.1. The minimum absolute atomic E-state index is 0.0914. The molecule has 0 saturated carbocycles. The molecule has 3 rings (SSSR count). The Hall–Kier alpha value is -1.77. The monoisotopic (exact) mass is 349 g/mol. The van der Waals surface area contributed by atoms with Crippen molar-refractivity contribution in [2.75, 3.05) is 33.8 Å². The fourth-order valence-corrected chi connectivity index (χ4v) is 3.37. The van der Waals surface area contributed by atoms with E-state index in [4.69, 9.17) is 4.74 Å². The number of morpholine rings is 1. The van der Waals surface area contributed by atoms with E-state index in [9.17, 15) is 4.79 Å². The standard InChI is InChI=1S/C16H23N5O2S/c1-11-18-12(10-24-11)6-15(22)21-4-5-23-14(9-21)16-17-7-13(19-16)8-20(2)3/h7,10,14H,4-6,8-9H2,1-3H3,(H,17,19). The molecule has 3 heterocycles. The number of hydrogen-bond donors (Lipinski definition) is 1. The fourth-order valence-electron chi connectivity index (χ4n) is 2.76. The summed E-state index contributed by atoms with van der Waals surface area (Å²) in [5.74, 6) is 0.877. The number of aromatic nitrogens is 3. The summed E-state index contributed by atoms with van der Waals surface area (Å²) < 4.78 is 5.80. The summed E-state index contributed by atoms with van der Waals surface area (Å²) in [5.41, 5.74) is 1.89. The number of nitrogens with one attached hydrogen (secondary N) is 1. The molecule has 0 aliphatic carbocycles. The second kappa shape index (κ2) is 7.42. The maximum Gasteiger partial charge on any atom is 0.228 e. The van der Waals surface area contributed by atoms with E-state index in [-0.39, 0.29) is 12.0 Å². The number of ether oxygens (including phenoxy) is 1. The first-order valence-corrected chi connectivity index (χ1v) is 8.88. The van der Waals surface area contributed by atoms with E-state index < -0.39 is 0 Å². The number of nitrogens with zero attached hydrogens (tertiary/aromatic N) is 4. The fraction of sp³-hybridized carbons (Fsp3) is 0.562. The van der Waals surface area contributed by atoms with Gasteiger partial charge in [0.15, 0.2) is 0 Å². The van der Waals surface area contributed by atoms with Gasteiger partial charge < -0.3 is 19.5 Å². The Morgan fingerprint density at radius 3 is 3.08 bits per heavy atom. The molecule has 1 fully saturated rings. The summed E-state index contributed by atoms with van der Waals surface area (Å²) in [6.07, 6.45) is 1.98. The average molecular weight is 349 g/mol. The summed E-state index contributed by atoms with van der Waals surface area (Å²) in [4.78, 5) is 28.5. The molecule has 1 saturated heterocycles. The van der Waals surface area contributed by atoms with Gasteiger partial charge in [-0.3, -0.25) is 4.79 Å². The van der Waals surface area contributed by atoms with E-state index in [1.807, 2.05) is 37.5 Å². The Morgan fingerprint density at radius 2 is 2.38 bits per heavy atom. The zero-order chi connectivity index (χ0) is 17.1. The molecule has 7 nitrogen and oxygen atoms in total. The molecule has 1 atom stereocenters. The van der Waals surface area contributed by atoms with Gasteiger partial charge in [-0.15, -0.1) is 11.3 Å². The third kappa shape index (κ3) is 4.19. The quantitative estimate of drug-likeness (QED) is 0.883. The zero-order valence-electron chi connectivity index (χ0n) is 14.3. The normalized spacial score (nSPS) is 18.3. The minimum Gasteiger partial charge on any atom is -0.367 e. The predicted octanol–water partition coefficient (Wildman–Crippen LogP) is 1.38. The van der Waals surface area contributed by atoms with Gasteiger partial charge in [0, 0.05) is 30.4 Å². The van der Waals surface area contributed by atoms with Crippen molar-refractivity contribution < 1.29 is 9.53 Å². The van der Waals surface area contributed by atoms with Crippen LogP contribution in [0.3, 0.4) is 0 Å². The van der Waals surface area contributed by atoms with E-state index >= 15 is 0 Å². The second-order valence-corrected chi connectivity index (χ2v) is 7.33. The van der Waals surface area contributed by atoms with Crippen LogP contribution < -0.4 is 0 Å².